The van der Waals surface area contributed by atoms with Crippen molar-refractivity contribution in [2.24, 2.45) is 0 Å². The Bertz CT molecular complexity index is 395. The molecule has 1 aromatic rings. The highest BCUT2D eigenvalue weighted by Crippen LogP contribution is 2.00. The number of urea groups is 1. The summed E-state index contributed by atoms with van der Waals surface area (Å²) >= 11 is 0. The van der Waals surface area contributed by atoms with Gasteiger partial charge in [-0.2, -0.15) is 0 Å². The maximum Gasteiger partial charge on any atom is 0.328 e. The topological polar surface area (TPSA) is 124 Å². The first-order chi connectivity index (χ1) is 8.00. The number of carboxylic acids is 1. The van der Waals surface area contributed by atoms with Gasteiger partial charge in [0.2, 0.25) is 0 Å². The number of aliphatic hydroxyl groups excluding tert-OH is 1. The minimum Gasteiger partial charge on any atom is -0.480 e. The van der Waals surface area contributed by atoms with E-state index in [9.17, 15) is 9.59 Å². The molecule has 1 aromatic heterocycles. The quantitative estimate of drug-likeness (QED) is 0.558. The lowest BCUT2D eigenvalue weighted by Gasteiger charge is -2.17. The molecular weight excluding hydrogens is 228 g/mol. The molecule has 0 aliphatic rings. The second-order valence-electron chi connectivity index (χ2n) is 3.28. The SMILES string of the molecule is C[C@@H](O)[C@H](NC(=O)Nc1cncnc1)C(=O)O. The second kappa shape index (κ2) is 5.75. The van der Waals surface area contributed by atoms with Crippen LogP contribution in [0.3, 0.4) is 0 Å². The number of carboxylic acid groups (broad SMARTS) is 1. The maximum atomic E-state index is 11.4. The van der Waals surface area contributed by atoms with Crippen LogP contribution in [0.25, 0.3) is 0 Å². The van der Waals surface area contributed by atoms with E-state index in [4.69, 9.17) is 10.2 Å². The molecule has 92 valence electrons. The molecule has 0 aliphatic heterocycles. The number of nitrogens with one attached hydrogen (secondary N) is 2. The van der Waals surface area contributed by atoms with Crippen molar-refractivity contribution >= 4 is 17.7 Å². The molecule has 1 heterocycles. The van der Waals surface area contributed by atoms with E-state index >= 15 is 0 Å². The maximum absolute atomic E-state index is 11.4. The standard InChI is InChI=1S/C9H12N4O4/c1-5(14)7(8(15)16)13-9(17)12-6-2-10-4-11-3-6/h2-5,7,14H,1H3,(H,15,16)(H2,12,13,17)/t5-,7+/m1/s1. The number of amides is 2. The van der Waals surface area contributed by atoms with Gasteiger partial charge in [-0.3, -0.25) is 0 Å². The van der Waals surface area contributed by atoms with E-state index in [0.29, 0.717) is 5.69 Å². The van der Waals surface area contributed by atoms with Gasteiger partial charge < -0.3 is 20.8 Å². The van der Waals surface area contributed by atoms with E-state index in [-0.39, 0.29) is 0 Å². The molecule has 0 unspecified atom stereocenters. The Hall–Kier alpha value is -2.22. The predicted octanol–water partition coefficient (Wildman–Crippen LogP) is -0.568. The molecule has 1 rings (SSSR count). The summed E-state index contributed by atoms with van der Waals surface area (Å²) in [6.45, 7) is 1.27. The number of hydrogen-bond acceptors (Lipinski definition) is 5. The molecular formula is C9H12N4O4. The van der Waals surface area contributed by atoms with Crippen molar-refractivity contribution < 1.29 is 19.8 Å². The van der Waals surface area contributed by atoms with Crippen molar-refractivity contribution in [1.82, 2.24) is 15.3 Å². The third-order valence-electron chi connectivity index (χ3n) is 1.85. The van der Waals surface area contributed by atoms with Crippen molar-refractivity contribution in [3.63, 3.8) is 0 Å². The van der Waals surface area contributed by atoms with Crippen LogP contribution >= 0.6 is 0 Å². The van der Waals surface area contributed by atoms with Crippen LogP contribution in [0.2, 0.25) is 0 Å². The van der Waals surface area contributed by atoms with Crippen LogP contribution in [0, 0.1) is 0 Å². The molecule has 8 nitrogen and oxygen atoms in total. The normalized spacial score (nSPS) is 13.5. The third kappa shape index (κ3) is 4.03. The first-order valence-corrected chi connectivity index (χ1v) is 4.74. The number of carbonyl (C=O) groups is 2. The van der Waals surface area contributed by atoms with E-state index in [1.54, 1.807) is 0 Å². The molecule has 2 atom stereocenters. The Morgan fingerprint density at radius 2 is 1.94 bits per heavy atom. The van der Waals surface area contributed by atoms with E-state index in [2.05, 4.69) is 20.6 Å². The lowest BCUT2D eigenvalue weighted by atomic mass is 10.2. The van der Waals surface area contributed by atoms with Gasteiger partial charge in [0.1, 0.15) is 6.33 Å². The van der Waals surface area contributed by atoms with Gasteiger partial charge in [-0.25, -0.2) is 19.6 Å². The summed E-state index contributed by atoms with van der Waals surface area (Å²) in [5, 5.41) is 22.3. The minimum absolute atomic E-state index is 0.319. The van der Waals surface area contributed by atoms with Gasteiger partial charge in [0.25, 0.3) is 0 Å². The first-order valence-electron chi connectivity index (χ1n) is 4.74. The van der Waals surface area contributed by atoms with Gasteiger partial charge in [-0.1, -0.05) is 0 Å². The summed E-state index contributed by atoms with van der Waals surface area (Å²) in [7, 11) is 0. The zero-order chi connectivity index (χ0) is 12.8. The third-order valence-corrected chi connectivity index (χ3v) is 1.85. The van der Waals surface area contributed by atoms with E-state index in [1.165, 1.54) is 25.6 Å². The van der Waals surface area contributed by atoms with Crippen LogP contribution < -0.4 is 10.6 Å². The largest absolute Gasteiger partial charge is 0.480 e. The number of carbonyl (C=O) groups excluding carboxylic acids is 1. The summed E-state index contributed by atoms with van der Waals surface area (Å²) in [6, 6.07) is -2.13. The zero-order valence-electron chi connectivity index (χ0n) is 8.99. The van der Waals surface area contributed by atoms with Crippen molar-refractivity contribution in [2.75, 3.05) is 5.32 Å². The molecule has 17 heavy (non-hydrogen) atoms. The molecule has 0 radical (unpaired) electrons. The fourth-order valence-corrected chi connectivity index (χ4v) is 1.06. The average molecular weight is 240 g/mol. The van der Waals surface area contributed by atoms with E-state index in [0.717, 1.165) is 0 Å². The molecule has 0 aromatic carbocycles. The van der Waals surface area contributed by atoms with Crippen LogP contribution in [0.4, 0.5) is 10.5 Å². The number of rotatable bonds is 4. The van der Waals surface area contributed by atoms with Gasteiger partial charge in [-0.15, -0.1) is 0 Å². The highest BCUT2D eigenvalue weighted by Gasteiger charge is 2.24. The molecule has 0 bridgehead atoms. The first kappa shape index (κ1) is 12.8. The molecule has 4 N–H and O–H groups in total. The smallest absolute Gasteiger partial charge is 0.328 e. The lowest BCUT2D eigenvalue weighted by molar-refractivity contribution is -0.141. The molecule has 8 heteroatoms. The van der Waals surface area contributed by atoms with E-state index < -0.39 is 24.1 Å². The highest BCUT2D eigenvalue weighted by atomic mass is 16.4. The van der Waals surface area contributed by atoms with E-state index in [1.807, 2.05) is 0 Å². The molecule has 0 fully saturated rings. The summed E-state index contributed by atoms with van der Waals surface area (Å²) < 4.78 is 0. The summed E-state index contributed by atoms with van der Waals surface area (Å²) in [4.78, 5) is 29.4. The number of nitrogens with zero attached hydrogens (tertiary/aromatic N) is 2. The van der Waals surface area contributed by atoms with Crippen LogP contribution in [0.1, 0.15) is 6.92 Å². The van der Waals surface area contributed by atoms with Crippen LogP contribution in [-0.2, 0) is 4.79 Å². The number of aliphatic hydroxyl groups is 1. The Morgan fingerprint density at radius 3 is 2.41 bits per heavy atom. The number of hydrogen-bond donors (Lipinski definition) is 4. The average Bonchev–Trinajstić information content (AvgIpc) is 2.26. The van der Waals surface area contributed by atoms with Crippen LogP contribution in [-0.4, -0.2) is 44.3 Å². The Labute approximate surface area is 96.7 Å². The molecule has 0 spiro atoms. The van der Waals surface area contributed by atoms with Crippen molar-refractivity contribution in [3.05, 3.63) is 18.7 Å². The van der Waals surface area contributed by atoms with Crippen molar-refractivity contribution in [3.8, 4) is 0 Å². The second-order valence-corrected chi connectivity index (χ2v) is 3.28. The van der Waals surface area contributed by atoms with Gasteiger partial charge in [0.05, 0.1) is 24.2 Å². The van der Waals surface area contributed by atoms with Crippen LogP contribution in [0.15, 0.2) is 18.7 Å². The number of anilines is 1. The molecule has 0 saturated carbocycles. The summed E-state index contributed by atoms with van der Waals surface area (Å²) in [5.74, 6) is -1.32. The predicted molar refractivity (Wildman–Crippen MR) is 57.3 cm³/mol. The van der Waals surface area contributed by atoms with Gasteiger partial charge in [0.15, 0.2) is 6.04 Å². The fraction of sp³-hybridized carbons (Fsp3) is 0.333. The lowest BCUT2D eigenvalue weighted by Crippen LogP contribution is -2.49. The number of aromatic nitrogens is 2. The highest BCUT2D eigenvalue weighted by molar-refractivity contribution is 5.92. The zero-order valence-corrected chi connectivity index (χ0v) is 8.99. The monoisotopic (exact) mass is 240 g/mol. The Kier molecular flexibility index (Phi) is 4.35. The van der Waals surface area contributed by atoms with Gasteiger partial charge in [0, 0.05) is 0 Å². The van der Waals surface area contributed by atoms with Crippen LogP contribution in [0.5, 0.6) is 0 Å². The summed E-state index contributed by atoms with van der Waals surface area (Å²) in [6.07, 6.45) is 2.79. The fourth-order valence-electron chi connectivity index (χ4n) is 1.06. The minimum atomic E-state index is -1.38. The summed E-state index contributed by atoms with van der Waals surface area (Å²) in [5.41, 5.74) is 0.319. The van der Waals surface area contributed by atoms with Gasteiger partial charge in [-0.05, 0) is 6.92 Å². The number of aliphatic carboxylic acids is 1. The molecule has 0 aliphatic carbocycles. The van der Waals surface area contributed by atoms with Crippen molar-refractivity contribution in [1.29, 1.82) is 0 Å². The molecule has 2 amide bonds. The van der Waals surface area contributed by atoms with Gasteiger partial charge >= 0.3 is 12.0 Å². The molecule has 0 saturated heterocycles. The Balaban J connectivity index is 2.57. The Morgan fingerprint density at radius 1 is 1.35 bits per heavy atom. The van der Waals surface area contributed by atoms with Crippen molar-refractivity contribution in [2.45, 2.75) is 19.1 Å².